The number of carbonyl (C=O) groups excluding carboxylic acids is 1. The van der Waals surface area contributed by atoms with Crippen molar-refractivity contribution in [1.82, 2.24) is 10.3 Å². The zero-order chi connectivity index (χ0) is 21.8. The number of alkyl carbamates (subject to hydrolysis) is 1. The molecule has 3 aromatic carbocycles. The van der Waals surface area contributed by atoms with Gasteiger partial charge in [0.25, 0.3) is 0 Å². The SMILES string of the molecule is Cc1cc(C)cc(-c2[nH]c3ccc(O)cc3c2CCNC(=O)OCc2ccccc2)c1. The average molecular weight is 415 g/mol. The molecule has 1 amide bonds. The van der Waals surface area contributed by atoms with Crippen LogP contribution in [-0.2, 0) is 17.8 Å². The molecule has 0 aliphatic heterocycles. The molecule has 4 rings (SSSR count). The minimum atomic E-state index is -0.445. The molecule has 0 saturated carbocycles. The number of phenols is 1. The summed E-state index contributed by atoms with van der Waals surface area (Å²) < 4.78 is 5.30. The van der Waals surface area contributed by atoms with E-state index >= 15 is 0 Å². The Hall–Kier alpha value is -3.73. The van der Waals surface area contributed by atoms with Gasteiger partial charge in [-0.3, -0.25) is 0 Å². The van der Waals surface area contributed by atoms with Gasteiger partial charge in [0.15, 0.2) is 0 Å². The van der Waals surface area contributed by atoms with Crippen molar-refractivity contribution in [3.05, 3.63) is 89.0 Å². The lowest BCUT2D eigenvalue weighted by molar-refractivity contribution is 0.140. The molecule has 0 fully saturated rings. The first-order valence-electron chi connectivity index (χ1n) is 10.4. The molecule has 0 aliphatic carbocycles. The third-order valence-electron chi connectivity index (χ3n) is 5.26. The van der Waals surface area contributed by atoms with E-state index < -0.39 is 6.09 Å². The van der Waals surface area contributed by atoms with Crippen molar-refractivity contribution in [3.63, 3.8) is 0 Å². The molecule has 31 heavy (non-hydrogen) atoms. The molecule has 0 spiro atoms. The maximum Gasteiger partial charge on any atom is 0.407 e. The van der Waals surface area contributed by atoms with E-state index in [0.717, 1.165) is 33.3 Å². The second-order valence-corrected chi connectivity index (χ2v) is 7.82. The Morgan fingerprint density at radius 2 is 1.74 bits per heavy atom. The number of hydrogen-bond donors (Lipinski definition) is 3. The molecular weight excluding hydrogens is 388 g/mol. The fourth-order valence-electron chi connectivity index (χ4n) is 3.92. The lowest BCUT2D eigenvalue weighted by Gasteiger charge is -2.10. The summed E-state index contributed by atoms with van der Waals surface area (Å²) in [4.78, 5) is 15.6. The van der Waals surface area contributed by atoms with Gasteiger partial charge in [-0.05, 0) is 67.3 Å². The molecule has 0 radical (unpaired) electrons. The number of hydrogen-bond acceptors (Lipinski definition) is 3. The number of phenolic OH excluding ortho intramolecular Hbond substituents is 1. The number of aromatic hydroxyl groups is 1. The summed E-state index contributed by atoms with van der Waals surface area (Å²) in [7, 11) is 0. The fraction of sp³-hybridized carbons (Fsp3) is 0.192. The first-order valence-corrected chi connectivity index (χ1v) is 10.4. The van der Waals surface area contributed by atoms with Crippen molar-refractivity contribution in [2.24, 2.45) is 0 Å². The van der Waals surface area contributed by atoms with Gasteiger partial charge >= 0.3 is 6.09 Å². The van der Waals surface area contributed by atoms with Crippen LogP contribution in [0.1, 0.15) is 22.3 Å². The highest BCUT2D eigenvalue weighted by Crippen LogP contribution is 2.33. The van der Waals surface area contributed by atoms with Crippen LogP contribution in [0.15, 0.2) is 66.7 Å². The number of aryl methyl sites for hydroxylation is 2. The summed E-state index contributed by atoms with van der Waals surface area (Å²) in [6.07, 6.45) is 0.158. The van der Waals surface area contributed by atoms with E-state index in [1.807, 2.05) is 36.4 Å². The second kappa shape index (κ2) is 8.96. The van der Waals surface area contributed by atoms with E-state index in [9.17, 15) is 9.90 Å². The molecule has 3 N–H and O–H groups in total. The van der Waals surface area contributed by atoms with Crippen molar-refractivity contribution >= 4 is 17.0 Å². The predicted octanol–water partition coefficient (Wildman–Crippen LogP) is 5.63. The first kappa shape index (κ1) is 20.5. The fourth-order valence-corrected chi connectivity index (χ4v) is 3.92. The Morgan fingerprint density at radius 1 is 1.00 bits per heavy atom. The van der Waals surface area contributed by atoms with Crippen molar-refractivity contribution in [2.75, 3.05) is 6.54 Å². The molecule has 0 bridgehead atoms. The van der Waals surface area contributed by atoms with Gasteiger partial charge in [0.2, 0.25) is 0 Å². The van der Waals surface area contributed by atoms with E-state index in [4.69, 9.17) is 4.74 Å². The Morgan fingerprint density at radius 3 is 2.48 bits per heavy atom. The Kier molecular flexibility index (Phi) is 5.94. The molecule has 5 heteroatoms. The maximum atomic E-state index is 12.1. The maximum absolute atomic E-state index is 12.1. The normalized spacial score (nSPS) is 10.9. The molecule has 0 saturated heterocycles. The van der Waals surface area contributed by atoms with Crippen LogP contribution in [0.4, 0.5) is 4.79 Å². The number of H-pyrrole nitrogens is 1. The Labute approximate surface area is 181 Å². The second-order valence-electron chi connectivity index (χ2n) is 7.82. The van der Waals surface area contributed by atoms with Crippen molar-refractivity contribution in [1.29, 1.82) is 0 Å². The van der Waals surface area contributed by atoms with Gasteiger partial charge in [-0.2, -0.15) is 0 Å². The van der Waals surface area contributed by atoms with Gasteiger partial charge in [0.1, 0.15) is 12.4 Å². The van der Waals surface area contributed by atoms with Crippen molar-refractivity contribution < 1.29 is 14.6 Å². The van der Waals surface area contributed by atoms with Crippen LogP contribution < -0.4 is 5.32 Å². The quantitative estimate of drug-likeness (QED) is 0.383. The summed E-state index contributed by atoms with van der Waals surface area (Å²) in [5, 5.41) is 13.8. The largest absolute Gasteiger partial charge is 0.508 e. The number of carbonyl (C=O) groups is 1. The van der Waals surface area contributed by atoms with E-state index in [2.05, 4.69) is 42.3 Å². The van der Waals surface area contributed by atoms with Crippen LogP contribution in [-0.4, -0.2) is 22.7 Å². The number of ether oxygens (including phenoxy) is 1. The van der Waals surface area contributed by atoms with Crippen LogP contribution in [0.2, 0.25) is 0 Å². The number of nitrogens with one attached hydrogen (secondary N) is 2. The summed E-state index contributed by atoms with van der Waals surface area (Å²) in [5.41, 5.74) is 7.42. The molecule has 0 aliphatic rings. The van der Waals surface area contributed by atoms with E-state index in [1.54, 1.807) is 12.1 Å². The molecule has 5 nitrogen and oxygen atoms in total. The van der Waals surface area contributed by atoms with Gasteiger partial charge in [-0.25, -0.2) is 4.79 Å². The smallest absolute Gasteiger partial charge is 0.407 e. The lowest BCUT2D eigenvalue weighted by Crippen LogP contribution is -2.26. The van der Waals surface area contributed by atoms with Crippen molar-refractivity contribution in [3.8, 4) is 17.0 Å². The monoisotopic (exact) mass is 414 g/mol. The van der Waals surface area contributed by atoms with Crippen molar-refractivity contribution in [2.45, 2.75) is 26.9 Å². The lowest BCUT2D eigenvalue weighted by atomic mass is 9.99. The summed E-state index contributed by atoms with van der Waals surface area (Å²) >= 11 is 0. The third-order valence-corrected chi connectivity index (χ3v) is 5.26. The van der Waals surface area contributed by atoms with Gasteiger partial charge in [-0.1, -0.05) is 47.5 Å². The Bertz CT molecular complexity index is 1190. The van der Waals surface area contributed by atoms with Crippen LogP contribution in [0.5, 0.6) is 5.75 Å². The molecule has 4 aromatic rings. The number of amides is 1. The third kappa shape index (κ3) is 4.89. The van der Waals surface area contributed by atoms with E-state index in [0.29, 0.717) is 13.0 Å². The molecule has 158 valence electrons. The topological polar surface area (TPSA) is 74.4 Å². The van der Waals surface area contributed by atoms with E-state index in [-0.39, 0.29) is 12.4 Å². The zero-order valence-electron chi connectivity index (χ0n) is 17.7. The minimum Gasteiger partial charge on any atom is -0.508 e. The predicted molar refractivity (Wildman–Crippen MR) is 123 cm³/mol. The van der Waals surface area contributed by atoms with Crippen LogP contribution in [0.3, 0.4) is 0 Å². The van der Waals surface area contributed by atoms with Gasteiger partial charge in [0, 0.05) is 23.1 Å². The van der Waals surface area contributed by atoms with Gasteiger partial charge in [-0.15, -0.1) is 0 Å². The highest BCUT2D eigenvalue weighted by atomic mass is 16.5. The standard InChI is InChI=1S/C26H26N2O3/c1-17-12-18(2)14-20(13-17)25-22(23-15-21(29)8-9-24(23)28-25)10-11-27-26(30)31-16-19-6-4-3-5-7-19/h3-9,12-15,28-29H,10-11,16H2,1-2H3,(H,27,30). The van der Waals surface area contributed by atoms with Crippen LogP contribution in [0, 0.1) is 13.8 Å². The number of aromatic amines is 1. The average Bonchev–Trinajstić information content (AvgIpc) is 3.10. The number of fused-ring (bicyclic) bond motifs is 1. The highest BCUT2D eigenvalue weighted by Gasteiger charge is 2.15. The molecule has 0 unspecified atom stereocenters. The summed E-state index contributed by atoms with van der Waals surface area (Å²) in [6.45, 7) is 4.82. The van der Waals surface area contributed by atoms with Crippen LogP contribution >= 0.6 is 0 Å². The molecule has 1 heterocycles. The number of rotatable bonds is 6. The zero-order valence-corrected chi connectivity index (χ0v) is 17.7. The Balaban J connectivity index is 1.52. The minimum absolute atomic E-state index is 0.218. The van der Waals surface area contributed by atoms with E-state index in [1.165, 1.54) is 11.1 Å². The molecule has 1 aromatic heterocycles. The number of aromatic nitrogens is 1. The highest BCUT2D eigenvalue weighted by molar-refractivity contribution is 5.92. The van der Waals surface area contributed by atoms with Gasteiger partial charge < -0.3 is 20.1 Å². The molecule has 0 atom stereocenters. The summed E-state index contributed by atoms with van der Waals surface area (Å²) in [5.74, 6) is 0.218. The first-order chi connectivity index (χ1) is 15.0. The summed E-state index contributed by atoms with van der Waals surface area (Å²) in [6, 6.07) is 21.3. The molecular formula is C26H26N2O3. The van der Waals surface area contributed by atoms with Crippen LogP contribution in [0.25, 0.3) is 22.2 Å². The van der Waals surface area contributed by atoms with Gasteiger partial charge in [0.05, 0.1) is 0 Å². The number of benzene rings is 3.